The number of piperidine rings is 1. The highest BCUT2D eigenvalue weighted by Gasteiger charge is 2.22. The zero-order valence-corrected chi connectivity index (χ0v) is 15.9. The van der Waals surface area contributed by atoms with E-state index < -0.39 is 0 Å². The van der Waals surface area contributed by atoms with Gasteiger partial charge in [-0.2, -0.15) is 0 Å². The van der Waals surface area contributed by atoms with E-state index in [2.05, 4.69) is 39.6 Å². The lowest BCUT2D eigenvalue weighted by atomic mass is 10.0. The third-order valence-electron chi connectivity index (χ3n) is 5.41. The lowest BCUT2D eigenvalue weighted by Gasteiger charge is -2.33. The van der Waals surface area contributed by atoms with Crippen LogP contribution in [0.1, 0.15) is 18.4 Å². The molecule has 0 atom stereocenters. The first kappa shape index (κ1) is 18.3. The molecule has 1 aliphatic heterocycles. The molecule has 1 fully saturated rings. The van der Waals surface area contributed by atoms with Gasteiger partial charge < -0.3 is 15.0 Å². The van der Waals surface area contributed by atoms with Crippen LogP contribution >= 0.6 is 0 Å². The molecule has 0 saturated carbocycles. The van der Waals surface area contributed by atoms with Crippen molar-refractivity contribution in [1.82, 2.24) is 9.88 Å². The Hall–Kier alpha value is -3.06. The van der Waals surface area contributed by atoms with Gasteiger partial charge in [-0.15, -0.1) is 0 Å². The van der Waals surface area contributed by atoms with Crippen LogP contribution in [0, 0.1) is 10.1 Å². The summed E-state index contributed by atoms with van der Waals surface area (Å²) in [6.07, 6.45) is 4.06. The first-order chi connectivity index (χ1) is 13.6. The Labute approximate surface area is 163 Å². The number of nitrogens with one attached hydrogen (secondary N) is 2. The van der Waals surface area contributed by atoms with E-state index in [1.807, 2.05) is 6.07 Å². The van der Waals surface area contributed by atoms with Gasteiger partial charge in [0.25, 0.3) is 5.69 Å². The van der Waals surface area contributed by atoms with Crippen molar-refractivity contribution in [2.24, 2.45) is 0 Å². The van der Waals surface area contributed by atoms with Crippen molar-refractivity contribution in [2.75, 3.05) is 25.5 Å². The number of fused-ring (bicyclic) bond motifs is 1. The zero-order chi connectivity index (χ0) is 19.5. The van der Waals surface area contributed by atoms with Gasteiger partial charge in [-0.3, -0.25) is 15.0 Å². The van der Waals surface area contributed by atoms with Crippen LogP contribution in [0.3, 0.4) is 0 Å². The van der Waals surface area contributed by atoms with E-state index in [4.69, 9.17) is 4.74 Å². The molecule has 4 rings (SSSR count). The van der Waals surface area contributed by atoms with Gasteiger partial charge in [-0.1, -0.05) is 18.2 Å². The number of H-pyrrole nitrogens is 1. The summed E-state index contributed by atoms with van der Waals surface area (Å²) in [5.74, 6) is 0.631. The molecule has 7 nitrogen and oxygen atoms in total. The molecule has 146 valence electrons. The number of para-hydroxylation sites is 1. The number of likely N-dealkylation sites (tertiary alicyclic amines) is 1. The number of nitro groups is 1. The van der Waals surface area contributed by atoms with Gasteiger partial charge in [0.1, 0.15) is 5.75 Å². The van der Waals surface area contributed by atoms with Crippen molar-refractivity contribution in [2.45, 2.75) is 25.4 Å². The Bertz CT molecular complexity index is 977. The molecule has 7 heteroatoms. The molecule has 0 bridgehead atoms. The fourth-order valence-electron chi connectivity index (χ4n) is 3.88. The average Bonchev–Trinajstić information content (AvgIpc) is 3.12. The van der Waals surface area contributed by atoms with Crippen LogP contribution in [0.15, 0.2) is 48.7 Å². The van der Waals surface area contributed by atoms with E-state index >= 15 is 0 Å². The number of benzene rings is 2. The predicted molar refractivity (Wildman–Crippen MR) is 110 cm³/mol. The average molecular weight is 380 g/mol. The summed E-state index contributed by atoms with van der Waals surface area (Å²) in [7, 11) is 1.58. The second-order valence-electron chi connectivity index (χ2n) is 7.20. The van der Waals surface area contributed by atoms with Crippen molar-refractivity contribution in [3.8, 4) is 5.75 Å². The Morgan fingerprint density at radius 2 is 2.04 bits per heavy atom. The molecule has 0 aliphatic carbocycles. The number of aromatic nitrogens is 1. The van der Waals surface area contributed by atoms with Crippen LogP contribution in [-0.2, 0) is 6.54 Å². The van der Waals surface area contributed by atoms with Gasteiger partial charge in [0, 0.05) is 54.9 Å². The quantitative estimate of drug-likeness (QED) is 0.495. The maximum atomic E-state index is 11.1. The Morgan fingerprint density at radius 3 is 2.79 bits per heavy atom. The summed E-state index contributed by atoms with van der Waals surface area (Å²) in [5, 5.41) is 15.8. The maximum absolute atomic E-state index is 11.1. The minimum Gasteiger partial charge on any atom is -0.495 e. The van der Waals surface area contributed by atoms with Gasteiger partial charge >= 0.3 is 0 Å². The number of anilines is 1. The van der Waals surface area contributed by atoms with E-state index in [-0.39, 0.29) is 16.7 Å². The minimum absolute atomic E-state index is 0.0695. The Morgan fingerprint density at radius 1 is 1.25 bits per heavy atom. The normalized spacial score (nSPS) is 15.6. The molecular weight excluding hydrogens is 356 g/mol. The zero-order valence-electron chi connectivity index (χ0n) is 15.9. The van der Waals surface area contributed by atoms with Crippen LogP contribution in [0.2, 0.25) is 0 Å². The first-order valence-corrected chi connectivity index (χ1v) is 9.50. The smallest absolute Gasteiger partial charge is 0.271 e. The van der Waals surface area contributed by atoms with E-state index in [0.29, 0.717) is 11.4 Å². The van der Waals surface area contributed by atoms with Crippen molar-refractivity contribution < 1.29 is 9.66 Å². The van der Waals surface area contributed by atoms with Crippen molar-refractivity contribution in [3.05, 3.63) is 64.3 Å². The summed E-state index contributed by atoms with van der Waals surface area (Å²) in [5.41, 5.74) is 3.25. The largest absolute Gasteiger partial charge is 0.495 e. The topological polar surface area (TPSA) is 83.4 Å². The third-order valence-corrected chi connectivity index (χ3v) is 5.41. The van der Waals surface area contributed by atoms with Crippen LogP contribution in [0.4, 0.5) is 11.4 Å². The minimum atomic E-state index is -0.381. The summed E-state index contributed by atoms with van der Waals surface area (Å²) in [6, 6.07) is 13.3. The molecular formula is C21H24N4O3. The summed E-state index contributed by atoms with van der Waals surface area (Å²) >= 11 is 0. The van der Waals surface area contributed by atoms with Gasteiger partial charge in [0.05, 0.1) is 17.7 Å². The number of hydrogen-bond acceptors (Lipinski definition) is 5. The number of hydrogen-bond donors (Lipinski definition) is 2. The SMILES string of the molecule is COc1ccc([N+](=O)[O-])cc1NC1CCN(Cc2c[nH]c3ccccc23)CC1. The number of ether oxygens (including phenoxy) is 1. The molecule has 28 heavy (non-hydrogen) atoms. The molecule has 2 heterocycles. The number of nitrogens with zero attached hydrogens (tertiary/aromatic N) is 2. The van der Waals surface area contributed by atoms with Crippen LogP contribution in [-0.4, -0.2) is 41.0 Å². The number of aromatic amines is 1. The van der Waals surface area contributed by atoms with Crippen molar-refractivity contribution in [3.63, 3.8) is 0 Å². The van der Waals surface area contributed by atoms with E-state index in [1.54, 1.807) is 19.2 Å². The third kappa shape index (κ3) is 3.80. The van der Waals surface area contributed by atoms with Crippen LogP contribution in [0.5, 0.6) is 5.75 Å². The fraction of sp³-hybridized carbons (Fsp3) is 0.333. The van der Waals surface area contributed by atoms with Gasteiger partial charge in [-0.05, 0) is 30.5 Å². The highest BCUT2D eigenvalue weighted by Crippen LogP contribution is 2.31. The lowest BCUT2D eigenvalue weighted by Crippen LogP contribution is -2.38. The van der Waals surface area contributed by atoms with Gasteiger partial charge in [0.15, 0.2) is 0 Å². The number of non-ortho nitro benzene ring substituents is 1. The van der Waals surface area contributed by atoms with Crippen molar-refractivity contribution >= 4 is 22.3 Å². The molecule has 0 amide bonds. The molecule has 1 saturated heterocycles. The van der Waals surface area contributed by atoms with Gasteiger partial charge in [-0.25, -0.2) is 0 Å². The van der Waals surface area contributed by atoms with Crippen LogP contribution in [0.25, 0.3) is 10.9 Å². The molecule has 1 aromatic heterocycles. The monoisotopic (exact) mass is 380 g/mol. The fourth-order valence-corrected chi connectivity index (χ4v) is 3.88. The molecule has 1 aliphatic rings. The van der Waals surface area contributed by atoms with Crippen molar-refractivity contribution in [1.29, 1.82) is 0 Å². The van der Waals surface area contributed by atoms with E-state index in [1.165, 1.54) is 22.5 Å². The first-order valence-electron chi connectivity index (χ1n) is 9.50. The predicted octanol–water partition coefficient (Wildman–Crippen LogP) is 4.16. The molecule has 0 spiro atoms. The second kappa shape index (κ2) is 7.90. The molecule has 2 aromatic carbocycles. The summed E-state index contributed by atoms with van der Waals surface area (Å²) < 4.78 is 5.35. The standard InChI is InChI=1S/C21H24N4O3/c1-28-21-7-6-17(25(26)27)12-20(21)23-16-8-10-24(11-9-16)14-15-13-22-19-5-3-2-4-18(15)19/h2-7,12-13,16,22-23H,8-11,14H2,1H3. The summed E-state index contributed by atoms with van der Waals surface area (Å²) in [6.45, 7) is 2.89. The number of rotatable bonds is 6. The highest BCUT2D eigenvalue weighted by molar-refractivity contribution is 5.82. The molecule has 0 unspecified atom stereocenters. The number of nitro benzene ring substituents is 1. The summed E-state index contributed by atoms with van der Waals surface area (Å²) in [4.78, 5) is 16.5. The molecule has 0 radical (unpaired) electrons. The Balaban J connectivity index is 1.38. The lowest BCUT2D eigenvalue weighted by molar-refractivity contribution is -0.384. The molecule has 2 N–H and O–H groups in total. The van der Waals surface area contributed by atoms with E-state index in [9.17, 15) is 10.1 Å². The van der Waals surface area contributed by atoms with Crippen LogP contribution < -0.4 is 10.1 Å². The van der Waals surface area contributed by atoms with Gasteiger partial charge in [0.2, 0.25) is 0 Å². The number of methoxy groups -OCH3 is 1. The maximum Gasteiger partial charge on any atom is 0.271 e. The highest BCUT2D eigenvalue weighted by atomic mass is 16.6. The van der Waals surface area contributed by atoms with E-state index in [0.717, 1.165) is 32.5 Å². The second-order valence-corrected chi connectivity index (χ2v) is 7.20. The Kier molecular flexibility index (Phi) is 5.16. The molecule has 3 aromatic rings.